The van der Waals surface area contributed by atoms with E-state index < -0.39 is 137 Å². The van der Waals surface area contributed by atoms with Gasteiger partial charge in [0.15, 0.2) is 10.8 Å². The smallest absolute Gasteiger partial charge is 0.341 e. The van der Waals surface area contributed by atoms with Crippen molar-refractivity contribution in [2.24, 2.45) is 11.5 Å². The molecule has 0 radical (unpaired) electrons. The molecule has 30 nitrogen and oxygen atoms in total. The summed E-state index contributed by atoms with van der Waals surface area (Å²) >= 11 is 0. The molecule has 38 heteroatoms. The van der Waals surface area contributed by atoms with E-state index in [1.165, 1.54) is 45.9 Å². The number of unbranched alkanes of at least 4 members (excludes halogenated alkanes) is 2. The van der Waals surface area contributed by atoms with Gasteiger partial charge in [0.25, 0.3) is 23.6 Å². The molecule has 0 aromatic heterocycles. The average molecular weight is 1340 g/mol. The van der Waals surface area contributed by atoms with Gasteiger partial charge in [-0.2, -0.15) is 0 Å². The van der Waals surface area contributed by atoms with E-state index in [9.17, 15) is 105 Å². The highest BCUT2D eigenvalue weighted by Gasteiger charge is 2.48. The Balaban J connectivity index is 1.44. The molecule has 16 N–H and O–H groups in total. The van der Waals surface area contributed by atoms with E-state index in [0.717, 1.165) is 21.6 Å². The zero-order valence-electron chi connectivity index (χ0n) is 46.0. The molecule has 2 heterocycles. The maximum absolute atomic E-state index is 14.2. The van der Waals surface area contributed by atoms with Crippen LogP contribution in [0.1, 0.15) is 134 Å². The van der Waals surface area contributed by atoms with Gasteiger partial charge in [-0.1, -0.05) is 84.7 Å². The number of amides is 10. The minimum absolute atomic E-state index is 0.0476. The van der Waals surface area contributed by atoms with E-state index in [1.54, 1.807) is 0 Å². The van der Waals surface area contributed by atoms with Crippen LogP contribution < -0.4 is 32.7 Å². The summed E-state index contributed by atoms with van der Waals surface area (Å²) < 4.78 is 46.5. The maximum atomic E-state index is 14.2. The van der Waals surface area contributed by atoms with Crippen molar-refractivity contribution in [3.63, 3.8) is 0 Å². The molecule has 0 saturated heterocycles. The topological polar surface area (TPSA) is 507 Å². The first-order chi connectivity index (χ1) is 38.5. The molecule has 4 atom stereocenters. The van der Waals surface area contributed by atoms with Crippen LogP contribution in [-0.2, 0) is 47.0 Å². The van der Waals surface area contributed by atoms with Gasteiger partial charge in [0.1, 0.15) is 24.2 Å². The number of hydrogen-bond acceptors (Lipinski definition) is 18. The third kappa shape index (κ3) is 19.9. The Morgan fingerprint density at radius 2 is 0.774 bits per heavy atom. The summed E-state index contributed by atoms with van der Waals surface area (Å²) in [7, 11) is -16.9. The summed E-state index contributed by atoms with van der Waals surface area (Å²) in [6, 6.07) is -1.04. The lowest BCUT2D eigenvalue weighted by atomic mass is 9.84. The Kier molecular flexibility index (Phi) is 25.1. The second kappa shape index (κ2) is 29.2. The molecule has 4 rings (SSSR count). The molecule has 0 unspecified atom stereocenters. The molecule has 84 heavy (non-hydrogen) atoms. The van der Waals surface area contributed by atoms with E-state index in [1.807, 2.05) is 41.5 Å². The number of hydrogen-bond donors (Lipinski definition) is 14. The molecule has 10 amide bonds. The summed E-state index contributed by atoms with van der Waals surface area (Å²) in [4.78, 5) is 212. The molecule has 2 aliphatic heterocycles. The van der Waals surface area contributed by atoms with Gasteiger partial charge in [-0.15, -0.1) is 0 Å². The molecule has 0 fully saturated rings. The first-order valence-corrected chi connectivity index (χ1v) is 36.7. The number of benzene rings is 2. The zero-order valence-corrected chi connectivity index (χ0v) is 52.9. The Morgan fingerprint density at radius 1 is 0.500 bits per heavy atom. The average Bonchev–Trinajstić information content (AvgIpc) is 1.45. The fourth-order valence-electron chi connectivity index (χ4n) is 8.50. The van der Waals surface area contributed by atoms with Crippen molar-refractivity contribution < 1.29 is 105 Å². The van der Waals surface area contributed by atoms with Crippen LogP contribution >= 0.6 is 73.6 Å². The third-order valence-corrected chi connectivity index (χ3v) is 26.5. The normalized spacial score (nSPS) is 15.7. The largest absolute Gasteiger partial charge is 0.368 e. The molecular formula is C46H68N8O22P4S4. The van der Waals surface area contributed by atoms with Crippen LogP contribution in [0.5, 0.6) is 0 Å². The van der Waals surface area contributed by atoms with E-state index in [4.69, 9.17) is 11.5 Å². The Hall–Kier alpha value is -4.20. The number of primary amides is 2. The van der Waals surface area contributed by atoms with Crippen molar-refractivity contribution >= 4 is 143 Å². The van der Waals surface area contributed by atoms with Gasteiger partial charge in [0, 0.05) is 67.1 Å². The van der Waals surface area contributed by atoms with Crippen LogP contribution in [0.4, 0.5) is 0 Å². The Morgan fingerprint density at radius 3 is 1.01 bits per heavy atom. The van der Waals surface area contributed by atoms with Gasteiger partial charge < -0.3 is 71.9 Å². The van der Waals surface area contributed by atoms with Crippen molar-refractivity contribution in [2.75, 3.05) is 24.6 Å². The Labute approximate surface area is 497 Å². The second-order valence-corrected chi connectivity index (χ2v) is 35.7. The van der Waals surface area contributed by atoms with Crippen LogP contribution in [0.3, 0.4) is 0 Å². The predicted octanol–water partition coefficient (Wildman–Crippen LogP) is 1.79. The molecule has 0 aliphatic carbocycles. The fraction of sp³-hybridized carbons (Fsp3) is 0.565. The lowest BCUT2D eigenvalue weighted by Gasteiger charge is -2.36. The van der Waals surface area contributed by atoms with Crippen LogP contribution in [0, 0.1) is 0 Å². The van der Waals surface area contributed by atoms with Gasteiger partial charge in [-0.25, -0.2) is 0 Å². The first kappa shape index (κ1) is 72.3. The first-order valence-electron chi connectivity index (χ1n) is 25.4. The highest BCUT2D eigenvalue weighted by Crippen LogP contribution is 2.62. The number of nitrogens with zero attached hydrogens (tertiary/aromatic N) is 2. The third-order valence-electron chi connectivity index (χ3n) is 12.3. The van der Waals surface area contributed by atoms with Crippen molar-refractivity contribution in [3.8, 4) is 0 Å². The number of nitrogens with two attached hydrogens (primary N) is 2. The van der Waals surface area contributed by atoms with Gasteiger partial charge in [-0.05, 0) is 62.8 Å². The minimum atomic E-state index is -5.47. The van der Waals surface area contributed by atoms with Gasteiger partial charge in [0.2, 0.25) is 35.4 Å². The molecule has 0 saturated carbocycles. The van der Waals surface area contributed by atoms with Gasteiger partial charge >= 0.3 is 30.4 Å². The number of carbonyl (C=O) groups is 10. The summed E-state index contributed by atoms with van der Waals surface area (Å²) in [5, 5.41) is 4.19. The van der Waals surface area contributed by atoms with Crippen molar-refractivity contribution in [2.45, 2.75) is 137 Å². The van der Waals surface area contributed by atoms with Crippen LogP contribution in [0.15, 0.2) is 24.3 Å². The zero-order chi connectivity index (χ0) is 63.8. The number of carbonyl (C=O) groups excluding carboxylic acids is 10. The number of nitrogens with one attached hydrogen (secondary N) is 4. The monoisotopic (exact) mass is 1340 g/mol. The molecule has 0 bridgehead atoms. The van der Waals surface area contributed by atoms with Crippen LogP contribution in [0.25, 0.3) is 10.8 Å². The summed E-state index contributed by atoms with van der Waals surface area (Å²) in [6.07, 6.45) is -2.77. The number of imide groups is 2. The molecule has 2 aromatic carbocycles. The van der Waals surface area contributed by atoms with Crippen molar-refractivity contribution in [1.29, 1.82) is 0 Å². The highest BCUT2D eigenvalue weighted by atomic mass is 33.1. The second-order valence-electron chi connectivity index (χ2n) is 21.4. The predicted molar refractivity (Wildman–Crippen MR) is 313 cm³/mol. The van der Waals surface area contributed by atoms with E-state index in [2.05, 4.69) is 21.3 Å². The standard InChI is InChI=1S/C46H68N8O22P4S4/c1-45(2,3)83-81-21-27(51-31(55)19-33(77(65,66)67)78(68,69)70)39(59)49-17-9-7-11-29(37(47)57)53-41(61)23-13-15-25-36-26(16-14-24(35(23)36)42(53)62)44(64)54(43(25)63)30(38(48)58)12-8-10-18-50-40(60)28(22-82-84-46(4,5)6)52-32(56)20-34(79(71,72)73)80(74,75)76/h13-16,27-30,33-34H,7-12,17-22H2,1-6H3,(H2,47,57)(H2,48,58)(H,49,59)(H,50,60)(H,51,55)(H,52,56)(H2,65,66,67)(H2,68,69,70)(H2,71,72,73)(H2,74,75,76)/t27-,28-,29-,30-/m0/s1. The quantitative estimate of drug-likeness (QED) is 0.0215. The molecular weight excluding hydrogens is 1270 g/mol. The van der Waals surface area contributed by atoms with E-state index in [-0.39, 0.29) is 106 Å². The summed E-state index contributed by atoms with van der Waals surface area (Å²) in [5.41, 5.74) is 10.8. The number of rotatable bonds is 32. The van der Waals surface area contributed by atoms with Crippen LogP contribution in [-0.4, -0.2) is 177 Å². The SMILES string of the molecule is CC(C)(C)SSC[C@H](NC(=O)CC(P(=O)(O)O)P(=O)(O)O)C(=O)NCCCC[C@@H](C(N)=O)N1C(=O)c2ccc3c4c(ccc(c24)C1=O)C(=O)N([C@@H](CCCCNC(=O)[C@H](CSSC(C)(C)C)NC(=O)CC(P(=O)(O)O)P(=O)(O)O)C(N)=O)C3=O. The fourth-order valence-corrected chi connectivity index (χ4v) is 18.2. The van der Waals surface area contributed by atoms with E-state index in [0.29, 0.717) is 9.80 Å². The summed E-state index contributed by atoms with van der Waals surface area (Å²) in [6.45, 7) is 11.0. The van der Waals surface area contributed by atoms with E-state index >= 15 is 0 Å². The summed E-state index contributed by atoms with van der Waals surface area (Å²) in [5.74, 6) is -10.4. The Bertz CT molecular complexity index is 2810. The minimum Gasteiger partial charge on any atom is -0.368 e. The molecule has 0 spiro atoms. The van der Waals surface area contributed by atoms with Crippen molar-refractivity contribution in [1.82, 2.24) is 31.1 Å². The van der Waals surface area contributed by atoms with Gasteiger partial charge in [-0.3, -0.25) is 76.0 Å². The lowest BCUT2D eigenvalue weighted by molar-refractivity contribution is -0.128. The lowest BCUT2D eigenvalue weighted by Crippen LogP contribution is -2.54. The van der Waals surface area contributed by atoms with Crippen molar-refractivity contribution in [3.05, 3.63) is 46.5 Å². The molecule has 2 aromatic rings. The van der Waals surface area contributed by atoms with Gasteiger partial charge in [0.05, 0.1) is 12.8 Å². The maximum Gasteiger partial charge on any atom is 0.341 e. The molecule has 2 aliphatic rings. The highest BCUT2D eigenvalue weighted by molar-refractivity contribution is 8.77. The van der Waals surface area contributed by atoms with Crippen LogP contribution in [0.2, 0.25) is 0 Å². The molecule has 468 valence electrons.